The summed E-state index contributed by atoms with van der Waals surface area (Å²) < 4.78 is 2.09. The van der Waals surface area contributed by atoms with E-state index in [2.05, 4.69) is 14.5 Å². The number of aryl methyl sites for hydroxylation is 2. The van der Waals surface area contributed by atoms with Crippen molar-refractivity contribution in [1.82, 2.24) is 14.5 Å². The second-order valence-corrected chi connectivity index (χ2v) is 3.48. The van der Waals surface area contributed by atoms with E-state index >= 15 is 0 Å². The van der Waals surface area contributed by atoms with Gasteiger partial charge in [-0.2, -0.15) is 4.98 Å². The quantitative estimate of drug-likeness (QED) is 0.611. The molecule has 1 aliphatic rings. The Morgan fingerprint density at radius 3 is 3.29 bits per heavy atom. The summed E-state index contributed by atoms with van der Waals surface area (Å²) in [5, 5.41) is 0.672. The molecule has 3 heterocycles. The van der Waals surface area contributed by atoms with Gasteiger partial charge in [-0.15, -0.1) is 0 Å². The van der Waals surface area contributed by atoms with Crippen LogP contribution in [0.15, 0.2) is 23.3 Å². The first-order valence-electron chi connectivity index (χ1n) is 4.70. The molecule has 0 aliphatic carbocycles. The Labute approximate surface area is 80.2 Å². The maximum absolute atomic E-state index is 11.6. The molecular formula is C10H9N3O. The van der Waals surface area contributed by atoms with Gasteiger partial charge in [0.15, 0.2) is 0 Å². The molecule has 0 radical (unpaired) electrons. The van der Waals surface area contributed by atoms with Crippen molar-refractivity contribution in [2.45, 2.75) is 19.4 Å². The highest BCUT2D eigenvalue weighted by Crippen LogP contribution is 2.16. The zero-order valence-electron chi connectivity index (χ0n) is 7.60. The molecule has 70 valence electrons. The van der Waals surface area contributed by atoms with Gasteiger partial charge < -0.3 is 4.57 Å². The number of rotatable bonds is 0. The highest BCUT2D eigenvalue weighted by atomic mass is 16.1. The fourth-order valence-corrected chi connectivity index (χ4v) is 1.99. The van der Waals surface area contributed by atoms with E-state index in [1.165, 1.54) is 0 Å². The van der Waals surface area contributed by atoms with Crippen molar-refractivity contribution in [2.75, 3.05) is 0 Å². The van der Waals surface area contributed by atoms with Crippen molar-refractivity contribution in [2.24, 2.45) is 0 Å². The highest BCUT2D eigenvalue weighted by molar-refractivity contribution is 5.77. The summed E-state index contributed by atoms with van der Waals surface area (Å²) >= 11 is 0. The van der Waals surface area contributed by atoms with Gasteiger partial charge in [0, 0.05) is 19.2 Å². The van der Waals surface area contributed by atoms with Crippen molar-refractivity contribution in [3.63, 3.8) is 0 Å². The third-order valence-electron chi connectivity index (χ3n) is 2.65. The Balaban J connectivity index is 2.53. The van der Waals surface area contributed by atoms with E-state index in [0.717, 1.165) is 30.7 Å². The third-order valence-corrected chi connectivity index (χ3v) is 2.65. The molecule has 0 N–H and O–H groups in total. The maximum Gasteiger partial charge on any atom is 0.280 e. The first kappa shape index (κ1) is 7.67. The molecule has 3 rings (SSSR count). The van der Waals surface area contributed by atoms with Crippen LogP contribution in [0.25, 0.3) is 10.9 Å². The molecule has 0 amide bonds. The van der Waals surface area contributed by atoms with E-state index in [-0.39, 0.29) is 5.56 Å². The maximum atomic E-state index is 11.6. The Kier molecular flexibility index (Phi) is 1.45. The van der Waals surface area contributed by atoms with Gasteiger partial charge in [0.1, 0.15) is 5.82 Å². The molecule has 4 nitrogen and oxygen atoms in total. The average molecular weight is 187 g/mol. The van der Waals surface area contributed by atoms with Gasteiger partial charge in [0.2, 0.25) is 0 Å². The molecule has 2 aromatic heterocycles. The van der Waals surface area contributed by atoms with E-state index in [1.54, 1.807) is 18.5 Å². The van der Waals surface area contributed by atoms with E-state index in [1.807, 2.05) is 0 Å². The van der Waals surface area contributed by atoms with Crippen LogP contribution in [-0.2, 0) is 13.0 Å². The van der Waals surface area contributed by atoms with E-state index in [9.17, 15) is 4.79 Å². The first-order chi connectivity index (χ1) is 6.86. The Hall–Kier alpha value is -1.71. The van der Waals surface area contributed by atoms with Crippen molar-refractivity contribution in [3.05, 3.63) is 34.6 Å². The van der Waals surface area contributed by atoms with Crippen LogP contribution in [0.5, 0.6) is 0 Å². The predicted molar refractivity (Wildman–Crippen MR) is 52.1 cm³/mol. The number of hydrogen-bond acceptors (Lipinski definition) is 3. The van der Waals surface area contributed by atoms with E-state index in [0.29, 0.717) is 5.39 Å². The summed E-state index contributed by atoms with van der Waals surface area (Å²) in [6.07, 6.45) is 5.35. The summed E-state index contributed by atoms with van der Waals surface area (Å²) in [5.74, 6) is 0.899. The third kappa shape index (κ3) is 0.907. The van der Waals surface area contributed by atoms with Gasteiger partial charge in [-0.1, -0.05) is 0 Å². The standard InChI is InChI=1S/C10H9N3O/c14-10-7-3-4-11-6-8(7)13-5-1-2-9(13)12-10/h3-4,6H,1-2,5H2. The van der Waals surface area contributed by atoms with Gasteiger partial charge in [0.25, 0.3) is 5.56 Å². The molecule has 0 fully saturated rings. The van der Waals surface area contributed by atoms with Crippen LogP contribution in [0.3, 0.4) is 0 Å². The van der Waals surface area contributed by atoms with Crippen molar-refractivity contribution < 1.29 is 0 Å². The van der Waals surface area contributed by atoms with E-state index in [4.69, 9.17) is 0 Å². The molecule has 0 bridgehead atoms. The van der Waals surface area contributed by atoms with Gasteiger partial charge in [-0.25, -0.2) is 0 Å². The van der Waals surface area contributed by atoms with Crippen LogP contribution in [0.4, 0.5) is 0 Å². The molecule has 0 saturated heterocycles. The first-order valence-corrected chi connectivity index (χ1v) is 4.70. The molecule has 0 atom stereocenters. The Morgan fingerprint density at radius 2 is 2.36 bits per heavy atom. The van der Waals surface area contributed by atoms with Crippen LogP contribution in [0, 0.1) is 0 Å². The van der Waals surface area contributed by atoms with Crippen LogP contribution >= 0.6 is 0 Å². The molecule has 0 unspecified atom stereocenters. The summed E-state index contributed by atoms with van der Waals surface area (Å²) in [6.45, 7) is 0.949. The summed E-state index contributed by atoms with van der Waals surface area (Å²) in [4.78, 5) is 19.7. The zero-order chi connectivity index (χ0) is 9.54. The molecular weight excluding hydrogens is 178 g/mol. The summed E-state index contributed by atoms with van der Waals surface area (Å²) in [7, 11) is 0. The van der Waals surface area contributed by atoms with Gasteiger partial charge in [-0.05, 0) is 12.5 Å². The van der Waals surface area contributed by atoms with Crippen LogP contribution < -0.4 is 5.56 Å². The Morgan fingerprint density at radius 1 is 1.43 bits per heavy atom. The minimum atomic E-state index is -0.129. The van der Waals surface area contributed by atoms with Crippen molar-refractivity contribution in [3.8, 4) is 0 Å². The lowest BCUT2D eigenvalue weighted by Gasteiger charge is -2.06. The fourth-order valence-electron chi connectivity index (χ4n) is 1.99. The van der Waals surface area contributed by atoms with Gasteiger partial charge in [-0.3, -0.25) is 9.78 Å². The zero-order valence-corrected chi connectivity index (χ0v) is 7.60. The average Bonchev–Trinajstić information content (AvgIpc) is 2.66. The Bertz CT molecular complexity index is 559. The summed E-state index contributed by atoms with van der Waals surface area (Å²) in [6, 6.07) is 1.73. The highest BCUT2D eigenvalue weighted by Gasteiger charge is 2.14. The van der Waals surface area contributed by atoms with Crippen LogP contribution in [0.1, 0.15) is 12.2 Å². The number of nitrogens with zero attached hydrogens (tertiary/aromatic N) is 3. The second-order valence-electron chi connectivity index (χ2n) is 3.48. The normalized spacial score (nSPS) is 14.6. The summed E-state index contributed by atoms with van der Waals surface area (Å²) in [5.41, 5.74) is 0.788. The number of aromatic nitrogens is 3. The van der Waals surface area contributed by atoms with Crippen LogP contribution in [-0.4, -0.2) is 14.5 Å². The molecule has 0 saturated carbocycles. The van der Waals surface area contributed by atoms with Crippen molar-refractivity contribution >= 4 is 10.9 Å². The van der Waals surface area contributed by atoms with Gasteiger partial charge in [0.05, 0.1) is 17.1 Å². The smallest absolute Gasteiger partial charge is 0.280 e. The number of fused-ring (bicyclic) bond motifs is 3. The second kappa shape index (κ2) is 2.64. The SMILES string of the molecule is O=c1nc2n(c3cnccc13)CCC2. The largest absolute Gasteiger partial charge is 0.328 e. The molecule has 2 aromatic rings. The molecule has 0 spiro atoms. The predicted octanol–water partition coefficient (Wildman–Crippen LogP) is 0.738. The topological polar surface area (TPSA) is 47.8 Å². The molecule has 1 aliphatic heterocycles. The monoisotopic (exact) mass is 187 g/mol. The fraction of sp³-hybridized carbons (Fsp3) is 0.300. The minimum Gasteiger partial charge on any atom is -0.328 e. The lowest BCUT2D eigenvalue weighted by Crippen LogP contribution is -2.14. The number of pyridine rings is 1. The molecule has 0 aromatic carbocycles. The molecule has 14 heavy (non-hydrogen) atoms. The van der Waals surface area contributed by atoms with Crippen molar-refractivity contribution in [1.29, 1.82) is 0 Å². The van der Waals surface area contributed by atoms with E-state index < -0.39 is 0 Å². The number of hydrogen-bond donors (Lipinski definition) is 0. The lowest BCUT2D eigenvalue weighted by molar-refractivity contribution is 0.761. The van der Waals surface area contributed by atoms with Crippen LogP contribution in [0.2, 0.25) is 0 Å². The molecule has 4 heteroatoms. The lowest BCUT2D eigenvalue weighted by atomic mass is 10.3. The van der Waals surface area contributed by atoms with Gasteiger partial charge >= 0.3 is 0 Å². The minimum absolute atomic E-state index is 0.129.